The molecule has 1 aromatic rings. The lowest BCUT2D eigenvalue weighted by Gasteiger charge is -2.31. The van der Waals surface area contributed by atoms with Crippen molar-refractivity contribution in [3.05, 3.63) is 30.3 Å². The number of hydrogen-bond acceptors (Lipinski definition) is 4. The average Bonchev–Trinajstić information content (AvgIpc) is 2.40. The number of ether oxygens (including phenoxy) is 1. The highest BCUT2D eigenvalue weighted by Gasteiger charge is 2.14. The van der Waals surface area contributed by atoms with E-state index in [1.807, 2.05) is 54.4 Å². The third-order valence-electron chi connectivity index (χ3n) is 2.58. The maximum absolute atomic E-state index is 11.4. The number of carbonyl (C=O) groups excluding carboxylic acids is 1. The molecule has 0 aliphatic rings. The van der Waals surface area contributed by atoms with E-state index in [1.165, 1.54) is 0 Å². The Morgan fingerprint density at radius 3 is 2.50 bits per heavy atom. The van der Waals surface area contributed by atoms with Crippen molar-refractivity contribution in [3.8, 4) is 0 Å². The van der Waals surface area contributed by atoms with Crippen LogP contribution >= 0.6 is 12.2 Å². The summed E-state index contributed by atoms with van der Waals surface area (Å²) >= 11 is 5.37. The predicted octanol–water partition coefficient (Wildman–Crippen LogP) is 2.12. The molecule has 0 radical (unpaired) electrons. The molecule has 1 aromatic carbocycles. The first-order valence-electron chi connectivity index (χ1n) is 6.51. The molecule has 0 aliphatic carbocycles. The van der Waals surface area contributed by atoms with Gasteiger partial charge in [-0.05, 0) is 31.3 Å². The number of para-hydroxylation sites is 1. The summed E-state index contributed by atoms with van der Waals surface area (Å²) in [4.78, 5) is 11.4. The molecule has 0 aliphatic heterocycles. The van der Waals surface area contributed by atoms with Crippen LogP contribution < -0.4 is 5.32 Å². The van der Waals surface area contributed by atoms with Gasteiger partial charge < -0.3 is 10.1 Å². The van der Waals surface area contributed by atoms with Crippen molar-refractivity contribution >= 4 is 29.0 Å². The number of anilines is 1. The molecule has 1 rings (SSSR count). The number of nitrogens with one attached hydrogen (secondary N) is 1. The summed E-state index contributed by atoms with van der Waals surface area (Å²) in [6.45, 7) is 2.67. The highest BCUT2D eigenvalue weighted by atomic mass is 32.1. The Bertz CT molecular complexity index is 437. The third-order valence-corrected chi connectivity index (χ3v) is 2.89. The fourth-order valence-electron chi connectivity index (χ4n) is 1.62. The lowest BCUT2D eigenvalue weighted by atomic mass is 10.3. The summed E-state index contributed by atoms with van der Waals surface area (Å²) in [7, 11) is 3.76. The molecule has 0 spiro atoms. The molecule has 0 unspecified atom stereocenters. The molecule has 0 saturated carbocycles. The normalized spacial score (nSPS) is 10.2. The zero-order valence-electron chi connectivity index (χ0n) is 12.1. The number of benzene rings is 1. The number of carbonyl (C=O) groups is 1. The fraction of sp³-hybridized carbons (Fsp3) is 0.429. The fourth-order valence-corrected chi connectivity index (χ4v) is 2.00. The Balaban J connectivity index is 2.57. The molecule has 6 heteroatoms. The van der Waals surface area contributed by atoms with Crippen LogP contribution in [0.15, 0.2) is 30.3 Å². The number of esters is 1. The Hall–Kier alpha value is -1.66. The summed E-state index contributed by atoms with van der Waals surface area (Å²) in [6, 6.07) is 9.68. The van der Waals surface area contributed by atoms with E-state index in [1.54, 1.807) is 6.92 Å². The van der Waals surface area contributed by atoms with E-state index in [4.69, 9.17) is 17.0 Å². The molecule has 0 bridgehead atoms. The van der Waals surface area contributed by atoms with E-state index in [0.717, 1.165) is 5.69 Å². The lowest BCUT2D eigenvalue weighted by molar-refractivity contribution is -0.143. The van der Waals surface area contributed by atoms with Crippen LogP contribution in [-0.2, 0) is 9.53 Å². The first kappa shape index (κ1) is 16.4. The zero-order chi connectivity index (χ0) is 15.0. The average molecular weight is 295 g/mol. The van der Waals surface area contributed by atoms with E-state index >= 15 is 0 Å². The van der Waals surface area contributed by atoms with Gasteiger partial charge in [-0.25, -0.2) is 5.01 Å². The largest absolute Gasteiger partial charge is 0.466 e. The second-order valence-corrected chi connectivity index (χ2v) is 4.71. The van der Waals surface area contributed by atoms with Crippen LogP contribution in [0.1, 0.15) is 13.3 Å². The Labute approximate surface area is 125 Å². The standard InChI is InChI=1S/C14H21N3O2S/c1-4-19-13(18)10-11-17(16(2)3)14(20)15-12-8-6-5-7-9-12/h5-9H,4,10-11H2,1-3H3,(H,15,20). The second-order valence-electron chi connectivity index (χ2n) is 4.32. The van der Waals surface area contributed by atoms with Crippen LogP contribution in [0.25, 0.3) is 0 Å². The van der Waals surface area contributed by atoms with Crippen LogP contribution in [0.2, 0.25) is 0 Å². The summed E-state index contributed by atoms with van der Waals surface area (Å²) in [5.74, 6) is -0.220. The first-order valence-corrected chi connectivity index (χ1v) is 6.91. The quantitative estimate of drug-likeness (QED) is 0.493. The van der Waals surface area contributed by atoms with Crippen molar-refractivity contribution in [2.24, 2.45) is 0 Å². The van der Waals surface area contributed by atoms with E-state index in [0.29, 0.717) is 24.7 Å². The van der Waals surface area contributed by atoms with Crippen LogP contribution in [0, 0.1) is 0 Å². The summed E-state index contributed by atoms with van der Waals surface area (Å²) < 4.78 is 4.92. The number of rotatable bonds is 6. The van der Waals surface area contributed by atoms with Crippen LogP contribution in [0.5, 0.6) is 0 Å². The molecule has 20 heavy (non-hydrogen) atoms. The van der Waals surface area contributed by atoms with Gasteiger partial charge in [-0.15, -0.1) is 0 Å². The van der Waals surface area contributed by atoms with Crippen LogP contribution in [-0.4, -0.2) is 48.3 Å². The molecule has 0 aromatic heterocycles. The van der Waals surface area contributed by atoms with Crippen LogP contribution in [0.4, 0.5) is 5.69 Å². The minimum Gasteiger partial charge on any atom is -0.466 e. The first-order chi connectivity index (χ1) is 9.54. The second kappa shape index (κ2) is 8.50. The van der Waals surface area contributed by atoms with E-state index in [-0.39, 0.29) is 5.97 Å². The minimum absolute atomic E-state index is 0.220. The molecule has 0 saturated heterocycles. The maximum Gasteiger partial charge on any atom is 0.307 e. The van der Waals surface area contributed by atoms with Crippen LogP contribution in [0.3, 0.4) is 0 Å². The molecule has 5 nitrogen and oxygen atoms in total. The number of thiocarbonyl (C=S) groups is 1. The molecular formula is C14H21N3O2S. The zero-order valence-corrected chi connectivity index (χ0v) is 12.9. The van der Waals surface area contributed by atoms with Gasteiger partial charge in [0.25, 0.3) is 0 Å². The number of nitrogens with zero attached hydrogens (tertiary/aromatic N) is 2. The smallest absolute Gasteiger partial charge is 0.307 e. The Kier molecular flexibility index (Phi) is 6.97. The third kappa shape index (κ3) is 5.54. The molecule has 0 amide bonds. The van der Waals surface area contributed by atoms with Gasteiger partial charge in [0, 0.05) is 26.3 Å². The highest BCUT2D eigenvalue weighted by Crippen LogP contribution is 2.08. The van der Waals surface area contributed by atoms with Crippen molar-refractivity contribution in [2.75, 3.05) is 32.6 Å². The van der Waals surface area contributed by atoms with Crippen molar-refractivity contribution < 1.29 is 9.53 Å². The van der Waals surface area contributed by atoms with Gasteiger partial charge in [-0.1, -0.05) is 18.2 Å². The van der Waals surface area contributed by atoms with Gasteiger partial charge in [0.05, 0.1) is 13.0 Å². The van der Waals surface area contributed by atoms with Crippen molar-refractivity contribution in [3.63, 3.8) is 0 Å². The van der Waals surface area contributed by atoms with Crippen molar-refractivity contribution in [2.45, 2.75) is 13.3 Å². The summed E-state index contributed by atoms with van der Waals surface area (Å²) in [6.07, 6.45) is 0.294. The van der Waals surface area contributed by atoms with E-state index in [2.05, 4.69) is 5.32 Å². The minimum atomic E-state index is -0.220. The van der Waals surface area contributed by atoms with E-state index in [9.17, 15) is 4.79 Å². The monoisotopic (exact) mass is 295 g/mol. The SMILES string of the molecule is CCOC(=O)CCN(C(=S)Nc1ccccc1)N(C)C. The van der Waals surface area contributed by atoms with Gasteiger partial charge in [-0.3, -0.25) is 9.80 Å². The van der Waals surface area contributed by atoms with Gasteiger partial charge in [0.15, 0.2) is 5.11 Å². The molecule has 0 fully saturated rings. The Morgan fingerprint density at radius 2 is 1.95 bits per heavy atom. The number of hydrogen-bond donors (Lipinski definition) is 1. The topological polar surface area (TPSA) is 44.8 Å². The number of hydrazine groups is 1. The highest BCUT2D eigenvalue weighted by molar-refractivity contribution is 7.80. The van der Waals surface area contributed by atoms with Gasteiger partial charge in [-0.2, -0.15) is 0 Å². The summed E-state index contributed by atoms with van der Waals surface area (Å²) in [5, 5.41) is 7.35. The predicted molar refractivity (Wildman–Crippen MR) is 84.3 cm³/mol. The van der Waals surface area contributed by atoms with Gasteiger partial charge in [0.1, 0.15) is 0 Å². The Morgan fingerprint density at radius 1 is 1.30 bits per heavy atom. The maximum atomic E-state index is 11.4. The molecular weight excluding hydrogens is 274 g/mol. The van der Waals surface area contributed by atoms with Crippen molar-refractivity contribution in [1.82, 2.24) is 10.0 Å². The molecule has 110 valence electrons. The molecule has 0 atom stereocenters. The van der Waals surface area contributed by atoms with Crippen molar-refractivity contribution in [1.29, 1.82) is 0 Å². The molecule has 0 heterocycles. The molecule has 1 N–H and O–H groups in total. The lowest BCUT2D eigenvalue weighted by Crippen LogP contribution is -2.45. The van der Waals surface area contributed by atoms with E-state index < -0.39 is 0 Å². The van der Waals surface area contributed by atoms with Gasteiger partial charge in [0.2, 0.25) is 0 Å². The summed E-state index contributed by atoms with van der Waals surface area (Å²) in [5.41, 5.74) is 0.917. The van der Waals surface area contributed by atoms with Gasteiger partial charge >= 0.3 is 5.97 Å².